The zero-order valence-corrected chi connectivity index (χ0v) is 12.9. The Morgan fingerprint density at radius 3 is 2.50 bits per heavy atom. The summed E-state index contributed by atoms with van der Waals surface area (Å²) in [4.78, 5) is 36.5. The highest BCUT2D eigenvalue weighted by Crippen LogP contribution is 2.57. The van der Waals surface area contributed by atoms with Crippen molar-refractivity contribution < 1.29 is 14.4 Å². The molecule has 0 N–H and O–H groups in total. The highest BCUT2D eigenvalue weighted by Gasteiger charge is 2.51. The Bertz CT molecular complexity index is 775. The summed E-state index contributed by atoms with van der Waals surface area (Å²) >= 11 is 0. The molecule has 0 aromatic heterocycles. The summed E-state index contributed by atoms with van der Waals surface area (Å²) in [6.07, 6.45) is 9.26. The molecule has 0 aromatic rings. The molecule has 0 bridgehead atoms. The zero-order chi connectivity index (χ0) is 15.7. The topological polar surface area (TPSA) is 51.2 Å². The third kappa shape index (κ3) is 1.59. The van der Waals surface area contributed by atoms with Gasteiger partial charge >= 0.3 is 0 Å². The predicted octanol–water partition coefficient (Wildman–Crippen LogP) is 3.03. The van der Waals surface area contributed by atoms with Crippen molar-refractivity contribution in [3.8, 4) is 0 Å². The summed E-state index contributed by atoms with van der Waals surface area (Å²) in [7, 11) is 0. The highest BCUT2D eigenvalue weighted by molar-refractivity contribution is 6.07. The Balaban J connectivity index is 1.96. The van der Waals surface area contributed by atoms with E-state index in [-0.39, 0.29) is 28.2 Å². The maximum atomic E-state index is 12.9. The van der Waals surface area contributed by atoms with Crippen LogP contribution in [-0.4, -0.2) is 17.3 Å². The van der Waals surface area contributed by atoms with Crippen molar-refractivity contribution in [2.24, 2.45) is 10.8 Å². The Labute approximate surface area is 129 Å². The van der Waals surface area contributed by atoms with Gasteiger partial charge in [-0.2, -0.15) is 0 Å². The van der Waals surface area contributed by atoms with Crippen molar-refractivity contribution in [3.63, 3.8) is 0 Å². The van der Waals surface area contributed by atoms with Crippen molar-refractivity contribution in [2.75, 3.05) is 0 Å². The number of carbonyl (C=O) groups is 3. The maximum Gasteiger partial charge on any atom is 0.161 e. The molecule has 0 radical (unpaired) electrons. The Kier molecular flexibility index (Phi) is 2.50. The molecule has 4 aliphatic carbocycles. The summed E-state index contributed by atoms with van der Waals surface area (Å²) in [6, 6.07) is 0. The molecule has 0 fully saturated rings. The number of hydrogen-bond acceptors (Lipinski definition) is 3. The van der Waals surface area contributed by atoms with Crippen LogP contribution in [0, 0.1) is 10.8 Å². The quantitative estimate of drug-likeness (QED) is 0.690. The van der Waals surface area contributed by atoms with Gasteiger partial charge in [-0.25, -0.2) is 0 Å². The first-order valence-corrected chi connectivity index (χ1v) is 7.80. The van der Waals surface area contributed by atoms with Gasteiger partial charge in [-0.1, -0.05) is 26.0 Å². The number of rotatable bonds is 0. The van der Waals surface area contributed by atoms with Gasteiger partial charge in [0, 0.05) is 35.7 Å². The van der Waals surface area contributed by atoms with Crippen molar-refractivity contribution in [3.05, 3.63) is 46.6 Å². The smallest absolute Gasteiger partial charge is 0.161 e. The molecular formula is C19H18O3. The second-order valence-electron chi connectivity index (χ2n) is 7.38. The Morgan fingerprint density at radius 2 is 1.73 bits per heavy atom. The van der Waals surface area contributed by atoms with Gasteiger partial charge in [0.1, 0.15) is 0 Å². The van der Waals surface area contributed by atoms with Gasteiger partial charge in [0.25, 0.3) is 0 Å². The van der Waals surface area contributed by atoms with Crippen LogP contribution in [0.3, 0.4) is 0 Å². The number of Topliss-reactive ketones (excluding diaryl/α,β-unsaturated/α-hetero) is 1. The molecule has 112 valence electrons. The van der Waals surface area contributed by atoms with Crippen LogP contribution in [0.25, 0.3) is 0 Å². The first kappa shape index (κ1) is 13.6. The number of fused-ring (bicyclic) bond motifs is 4. The Morgan fingerprint density at radius 1 is 0.955 bits per heavy atom. The third-order valence-electron chi connectivity index (χ3n) is 5.72. The monoisotopic (exact) mass is 294 g/mol. The van der Waals surface area contributed by atoms with Gasteiger partial charge in [0.2, 0.25) is 0 Å². The van der Waals surface area contributed by atoms with Crippen LogP contribution in [0.4, 0.5) is 0 Å². The highest BCUT2D eigenvalue weighted by atomic mass is 16.1. The van der Waals surface area contributed by atoms with Crippen LogP contribution in [-0.2, 0) is 14.4 Å². The fraction of sp³-hybridized carbons (Fsp3) is 0.421. The van der Waals surface area contributed by atoms with Gasteiger partial charge in [0.05, 0.1) is 0 Å². The molecule has 0 aliphatic heterocycles. The molecule has 0 spiro atoms. The van der Waals surface area contributed by atoms with E-state index in [4.69, 9.17) is 0 Å². The van der Waals surface area contributed by atoms with Crippen LogP contribution < -0.4 is 0 Å². The number of hydrogen-bond donors (Lipinski definition) is 0. The fourth-order valence-corrected chi connectivity index (χ4v) is 4.53. The van der Waals surface area contributed by atoms with Crippen LogP contribution in [0.2, 0.25) is 0 Å². The minimum atomic E-state index is -0.386. The average molecular weight is 294 g/mol. The van der Waals surface area contributed by atoms with Gasteiger partial charge in [-0.05, 0) is 35.3 Å². The van der Waals surface area contributed by atoms with E-state index in [0.717, 1.165) is 22.3 Å². The first-order chi connectivity index (χ1) is 10.3. The van der Waals surface area contributed by atoms with E-state index < -0.39 is 0 Å². The lowest BCUT2D eigenvalue weighted by atomic mass is 9.57. The van der Waals surface area contributed by atoms with Gasteiger partial charge in [-0.3, -0.25) is 14.4 Å². The van der Waals surface area contributed by atoms with Crippen molar-refractivity contribution in [1.82, 2.24) is 0 Å². The predicted molar refractivity (Wildman–Crippen MR) is 82.0 cm³/mol. The summed E-state index contributed by atoms with van der Waals surface area (Å²) in [6.45, 7) is 4.07. The normalized spacial score (nSPS) is 36.7. The molecule has 2 atom stereocenters. The third-order valence-corrected chi connectivity index (χ3v) is 5.72. The molecule has 3 heteroatoms. The van der Waals surface area contributed by atoms with E-state index >= 15 is 0 Å². The van der Waals surface area contributed by atoms with E-state index in [0.29, 0.717) is 25.7 Å². The summed E-state index contributed by atoms with van der Waals surface area (Å²) in [5.74, 6) is 0.374. The molecule has 4 rings (SSSR count). The lowest BCUT2D eigenvalue weighted by Gasteiger charge is -2.44. The molecular weight excluding hydrogens is 276 g/mol. The summed E-state index contributed by atoms with van der Waals surface area (Å²) in [5, 5.41) is 0. The van der Waals surface area contributed by atoms with Crippen LogP contribution in [0.1, 0.15) is 39.5 Å². The summed E-state index contributed by atoms with van der Waals surface area (Å²) in [5.41, 5.74) is 2.96. The summed E-state index contributed by atoms with van der Waals surface area (Å²) < 4.78 is 0. The second kappa shape index (κ2) is 4.03. The largest absolute Gasteiger partial charge is 0.295 e. The molecule has 22 heavy (non-hydrogen) atoms. The number of carbonyl (C=O) groups excluding carboxylic acids is 3. The first-order valence-electron chi connectivity index (χ1n) is 7.80. The lowest BCUT2D eigenvalue weighted by molar-refractivity contribution is -0.120. The van der Waals surface area contributed by atoms with Crippen molar-refractivity contribution in [1.29, 1.82) is 0 Å². The maximum absolute atomic E-state index is 12.9. The van der Waals surface area contributed by atoms with E-state index in [1.165, 1.54) is 0 Å². The lowest BCUT2D eigenvalue weighted by Crippen LogP contribution is -2.39. The van der Waals surface area contributed by atoms with Crippen molar-refractivity contribution in [2.45, 2.75) is 39.5 Å². The number of allylic oxidation sites excluding steroid dienone is 8. The molecule has 3 nitrogen and oxygen atoms in total. The average Bonchev–Trinajstić information content (AvgIpc) is 2.73. The van der Waals surface area contributed by atoms with Crippen LogP contribution >= 0.6 is 0 Å². The van der Waals surface area contributed by atoms with E-state index in [2.05, 4.69) is 6.92 Å². The molecule has 0 heterocycles. The molecule has 0 saturated heterocycles. The van der Waals surface area contributed by atoms with Crippen LogP contribution in [0.5, 0.6) is 0 Å². The standard InChI is InChI=1S/C19H18O3/c1-18-9-13(21)8-15(18)14-4-3-11-7-12(20)5-6-19(11,2)17(14)16(22)10-18/h3-4,7-8H,5-6,9-10H2,1-2H3/t18-,19-/m0/s1. The zero-order valence-electron chi connectivity index (χ0n) is 12.9. The molecule has 0 unspecified atom stereocenters. The van der Waals surface area contributed by atoms with Gasteiger partial charge < -0.3 is 0 Å². The molecule has 0 saturated carbocycles. The van der Waals surface area contributed by atoms with Crippen LogP contribution in [0.15, 0.2) is 46.6 Å². The van der Waals surface area contributed by atoms with E-state index in [1.54, 1.807) is 12.2 Å². The molecule has 4 aliphatic rings. The molecule has 0 aromatic carbocycles. The molecule has 0 amide bonds. The second-order valence-corrected chi connectivity index (χ2v) is 7.38. The van der Waals surface area contributed by atoms with E-state index in [1.807, 2.05) is 19.1 Å². The van der Waals surface area contributed by atoms with Gasteiger partial charge in [0.15, 0.2) is 17.3 Å². The van der Waals surface area contributed by atoms with Gasteiger partial charge in [-0.15, -0.1) is 0 Å². The minimum Gasteiger partial charge on any atom is -0.295 e. The van der Waals surface area contributed by atoms with Crippen molar-refractivity contribution >= 4 is 17.3 Å². The number of ketones is 3. The SMILES string of the molecule is C[C@@]12CC(=O)C=C1C1=C(C(=O)C2)[C@@]2(C)CCC(=O)C=C2C=C1. The Hall–Kier alpha value is -2.03. The minimum absolute atomic E-state index is 0.109. The fourth-order valence-electron chi connectivity index (χ4n) is 4.53. The van der Waals surface area contributed by atoms with E-state index in [9.17, 15) is 14.4 Å².